The van der Waals surface area contributed by atoms with Crippen LogP contribution in [0.4, 0.5) is 10.1 Å². The van der Waals surface area contributed by atoms with Gasteiger partial charge in [-0.3, -0.25) is 4.79 Å². The van der Waals surface area contributed by atoms with E-state index in [1.54, 1.807) is 17.0 Å². The van der Waals surface area contributed by atoms with E-state index in [-0.39, 0.29) is 11.7 Å². The maximum absolute atomic E-state index is 13.6. The fourth-order valence-electron chi connectivity index (χ4n) is 5.11. The molecule has 2 bridgehead atoms. The monoisotopic (exact) mass is 376 g/mol. The Morgan fingerprint density at radius 1 is 1.21 bits per heavy atom. The average Bonchev–Trinajstić information content (AvgIpc) is 3.30. The Kier molecular flexibility index (Phi) is 5.17. The molecule has 144 valence electrons. The molecule has 28 heavy (non-hydrogen) atoms. The maximum Gasteiger partial charge on any atom is 0.227 e. The minimum atomic E-state index is -0.298. The van der Waals surface area contributed by atoms with E-state index >= 15 is 0 Å². The molecule has 2 aromatic carbocycles. The van der Waals surface area contributed by atoms with Gasteiger partial charge in [-0.25, -0.2) is 4.39 Å². The summed E-state index contributed by atoms with van der Waals surface area (Å²) in [6, 6.07) is 14.1. The van der Waals surface area contributed by atoms with E-state index in [4.69, 9.17) is 0 Å². The van der Waals surface area contributed by atoms with Crippen molar-refractivity contribution in [3.05, 3.63) is 65.0 Å². The summed E-state index contributed by atoms with van der Waals surface area (Å²) in [5.41, 5.74) is 2.98. The van der Waals surface area contributed by atoms with Crippen LogP contribution in [-0.2, 0) is 11.3 Å². The second kappa shape index (κ2) is 7.75. The summed E-state index contributed by atoms with van der Waals surface area (Å²) < 4.78 is 13.6. The molecule has 0 spiro atoms. The summed E-state index contributed by atoms with van der Waals surface area (Å²) in [6.07, 6.45) is 5.56. The molecule has 1 amide bonds. The summed E-state index contributed by atoms with van der Waals surface area (Å²) in [7, 11) is 0. The molecule has 2 aromatic rings. The number of anilines is 1. The fraction of sp³-hybridized carbons (Fsp3) is 0.417. The van der Waals surface area contributed by atoms with Crippen LogP contribution < -0.4 is 4.90 Å². The lowest BCUT2D eigenvalue weighted by molar-refractivity contribution is -0.120. The Morgan fingerprint density at radius 2 is 2.07 bits per heavy atom. The average molecular weight is 376 g/mol. The second-order valence-electron chi connectivity index (χ2n) is 8.36. The molecule has 0 unspecified atom stereocenters. The van der Waals surface area contributed by atoms with E-state index in [1.165, 1.54) is 31.4 Å². The van der Waals surface area contributed by atoms with Gasteiger partial charge in [-0.15, -0.1) is 0 Å². The van der Waals surface area contributed by atoms with Crippen molar-refractivity contribution in [2.45, 2.75) is 45.6 Å². The van der Waals surface area contributed by atoms with Gasteiger partial charge in [0.1, 0.15) is 5.82 Å². The minimum absolute atomic E-state index is 0.0922. The number of halogens is 1. The van der Waals surface area contributed by atoms with Crippen LogP contribution in [-0.4, -0.2) is 5.91 Å². The first kappa shape index (κ1) is 18.7. The Morgan fingerprint density at radius 3 is 2.75 bits per heavy atom. The summed E-state index contributed by atoms with van der Waals surface area (Å²) in [5.74, 6) is 1.76. The van der Waals surface area contributed by atoms with E-state index in [0.717, 1.165) is 29.2 Å². The van der Waals surface area contributed by atoms with Crippen LogP contribution in [0.1, 0.15) is 48.8 Å². The number of hydrogen-bond donors (Lipinski definition) is 0. The van der Waals surface area contributed by atoms with Crippen LogP contribution in [0.3, 0.4) is 0 Å². The molecule has 2 aliphatic rings. The van der Waals surface area contributed by atoms with Crippen molar-refractivity contribution in [1.29, 1.82) is 5.26 Å². The summed E-state index contributed by atoms with van der Waals surface area (Å²) in [6.45, 7) is 2.23. The highest BCUT2D eigenvalue weighted by Gasteiger charge is 2.40. The van der Waals surface area contributed by atoms with Crippen LogP contribution >= 0.6 is 0 Å². The Labute approximate surface area is 165 Å². The van der Waals surface area contributed by atoms with Crippen molar-refractivity contribution in [2.75, 3.05) is 4.90 Å². The number of carbonyl (C=O) groups is 1. The molecule has 3 nitrogen and oxygen atoms in total. The van der Waals surface area contributed by atoms with Gasteiger partial charge in [0.2, 0.25) is 5.91 Å². The van der Waals surface area contributed by atoms with Gasteiger partial charge in [0.15, 0.2) is 0 Å². The van der Waals surface area contributed by atoms with Crippen molar-refractivity contribution < 1.29 is 9.18 Å². The van der Waals surface area contributed by atoms with E-state index in [2.05, 4.69) is 6.07 Å². The fourth-order valence-corrected chi connectivity index (χ4v) is 5.11. The molecule has 0 saturated heterocycles. The number of carbonyl (C=O) groups excluding carboxylic acids is 1. The third-order valence-corrected chi connectivity index (χ3v) is 6.47. The zero-order chi connectivity index (χ0) is 19.7. The lowest BCUT2D eigenvalue weighted by Gasteiger charge is -2.28. The summed E-state index contributed by atoms with van der Waals surface area (Å²) in [4.78, 5) is 15.1. The molecule has 4 rings (SSSR count). The first-order valence-electron chi connectivity index (χ1n) is 10.1. The molecule has 0 aromatic heterocycles. The summed E-state index contributed by atoms with van der Waals surface area (Å²) in [5, 5.41) is 9.17. The molecule has 0 radical (unpaired) electrons. The summed E-state index contributed by atoms with van der Waals surface area (Å²) >= 11 is 0. The number of nitriles is 1. The van der Waals surface area contributed by atoms with Crippen molar-refractivity contribution >= 4 is 11.6 Å². The highest BCUT2D eigenvalue weighted by molar-refractivity contribution is 5.94. The van der Waals surface area contributed by atoms with Crippen molar-refractivity contribution in [3.63, 3.8) is 0 Å². The number of amides is 1. The number of hydrogen-bond acceptors (Lipinski definition) is 2. The van der Waals surface area contributed by atoms with Crippen molar-refractivity contribution in [2.24, 2.45) is 17.8 Å². The van der Waals surface area contributed by atoms with Crippen LogP contribution in [0.5, 0.6) is 0 Å². The SMILES string of the molecule is Cc1cc(F)ccc1N(Cc1cccc(C#N)c1)C(=O)C[C@H]1C[C@H]2CC[C@@H]1C2. The molecule has 2 fully saturated rings. The van der Waals surface area contributed by atoms with Crippen LogP contribution in [0.25, 0.3) is 0 Å². The first-order valence-corrected chi connectivity index (χ1v) is 10.1. The van der Waals surface area contributed by atoms with Crippen LogP contribution in [0.2, 0.25) is 0 Å². The van der Waals surface area contributed by atoms with Crippen molar-refractivity contribution in [1.82, 2.24) is 0 Å². The quantitative estimate of drug-likeness (QED) is 0.704. The van der Waals surface area contributed by atoms with Gasteiger partial charge in [-0.05, 0) is 85.4 Å². The van der Waals surface area contributed by atoms with Gasteiger partial charge in [0.05, 0.1) is 18.2 Å². The second-order valence-corrected chi connectivity index (χ2v) is 8.36. The van der Waals surface area contributed by atoms with E-state index in [0.29, 0.717) is 30.4 Å². The first-order chi connectivity index (χ1) is 13.5. The minimum Gasteiger partial charge on any atom is -0.308 e. The topological polar surface area (TPSA) is 44.1 Å². The molecule has 4 heteroatoms. The highest BCUT2D eigenvalue weighted by atomic mass is 19.1. The predicted octanol–water partition coefficient (Wildman–Crippen LogP) is 5.37. The normalized spacial score (nSPS) is 22.8. The van der Waals surface area contributed by atoms with E-state index < -0.39 is 0 Å². The molecule has 0 heterocycles. The zero-order valence-electron chi connectivity index (χ0n) is 16.2. The smallest absolute Gasteiger partial charge is 0.227 e. The largest absolute Gasteiger partial charge is 0.308 e. The molecule has 2 aliphatic carbocycles. The molecular formula is C24H25FN2O. The van der Waals surface area contributed by atoms with Gasteiger partial charge < -0.3 is 4.90 Å². The number of rotatable bonds is 5. The van der Waals surface area contributed by atoms with Gasteiger partial charge in [-0.1, -0.05) is 18.6 Å². The third-order valence-electron chi connectivity index (χ3n) is 6.47. The van der Waals surface area contributed by atoms with Crippen LogP contribution in [0, 0.1) is 41.8 Å². The molecule has 0 aliphatic heterocycles. The van der Waals surface area contributed by atoms with Crippen LogP contribution in [0.15, 0.2) is 42.5 Å². The predicted molar refractivity (Wildman–Crippen MR) is 107 cm³/mol. The van der Waals surface area contributed by atoms with Gasteiger partial charge >= 0.3 is 0 Å². The lowest BCUT2D eigenvalue weighted by atomic mass is 9.86. The Bertz CT molecular complexity index is 932. The molecule has 2 saturated carbocycles. The lowest BCUT2D eigenvalue weighted by Crippen LogP contribution is -2.33. The number of benzene rings is 2. The number of nitrogens with zero attached hydrogens (tertiary/aromatic N) is 2. The third kappa shape index (κ3) is 3.80. The number of fused-ring (bicyclic) bond motifs is 2. The standard InChI is InChI=1S/C24H25FN2O/c1-16-9-22(25)7-8-23(16)27(15-19-4-2-3-18(10-19)14-26)24(28)13-21-12-17-5-6-20(21)11-17/h2-4,7-10,17,20-21H,5-6,11-13,15H2,1H3/t17-,20+,21+/m0/s1. The van der Waals surface area contributed by atoms with Gasteiger partial charge in [-0.2, -0.15) is 5.26 Å². The van der Waals surface area contributed by atoms with E-state index in [1.807, 2.05) is 25.1 Å². The van der Waals surface area contributed by atoms with E-state index in [9.17, 15) is 14.4 Å². The van der Waals surface area contributed by atoms with Gasteiger partial charge in [0.25, 0.3) is 0 Å². The van der Waals surface area contributed by atoms with Gasteiger partial charge in [0, 0.05) is 12.1 Å². The molecule has 0 N–H and O–H groups in total. The number of aryl methyl sites for hydroxylation is 1. The highest BCUT2D eigenvalue weighted by Crippen LogP contribution is 2.49. The molecule has 3 atom stereocenters. The zero-order valence-corrected chi connectivity index (χ0v) is 16.2. The van der Waals surface area contributed by atoms with Crippen molar-refractivity contribution in [3.8, 4) is 6.07 Å². The Hall–Kier alpha value is -2.67. The maximum atomic E-state index is 13.6. The molecular weight excluding hydrogens is 351 g/mol. The Balaban J connectivity index is 1.60.